The zero-order valence-electron chi connectivity index (χ0n) is 11.8. The molecule has 0 saturated heterocycles. The van der Waals surface area contributed by atoms with Gasteiger partial charge in [-0.3, -0.25) is 10.1 Å². The first-order valence-electron chi connectivity index (χ1n) is 6.17. The van der Waals surface area contributed by atoms with Crippen molar-refractivity contribution in [3.05, 3.63) is 27.8 Å². The van der Waals surface area contributed by atoms with Gasteiger partial charge in [0.05, 0.1) is 18.1 Å². The van der Waals surface area contributed by atoms with Crippen LogP contribution in [-0.4, -0.2) is 17.1 Å². The van der Waals surface area contributed by atoms with Crippen molar-refractivity contribution in [2.45, 2.75) is 32.7 Å². The Morgan fingerprint density at radius 1 is 1.40 bits per heavy atom. The zero-order chi connectivity index (χ0) is 14.6. The fraction of sp³-hybridized carbons (Fsp3) is 0.538. The third kappa shape index (κ3) is 4.54. The van der Waals surface area contributed by atoms with Gasteiger partial charge in [-0.2, -0.15) is 0 Å². The Morgan fingerprint density at radius 2 is 2.00 bits per heavy atom. The first-order valence-corrected chi connectivity index (χ1v) is 6.17. The molecule has 0 saturated carbocycles. The van der Waals surface area contributed by atoms with Crippen LogP contribution in [0.25, 0.3) is 0 Å². The van der Waals surface area contributed by atoms with E-state index in [-0.39, 0.29) is 29.6 Å². The lowest BCUT2D eigenvalue weighted by Gasteiger charge is -2.16. The third-order valence-corrected chi connectivity index (χ3v) is 2.97. The molecule has 0 amide bonds. The molecule has 0 aliphatic carbocycles. The Hall–Kier alpha value is -1.53. The van der Waals surface area contributed by atoms with Crippen molar-refractivity contribution in [3.8, 4) is 11.5 Å². The minimum atomic E-state index is -0.527. The third-order valence-electron chi connectivity index (χ3n) is 2.97. The molecular weight excluding hydrogens is 284 g/mol. The number of phenols is 1. The number of phenolic OH excluding ortho intramolecular Hbond substituents is 1. The van der Waals surface area contributed by atoms with Crippen molar-refractivity contribution in [1.82, 2.24) is 0 Å². The van der Waals surface area contributed by atoms with Crippen molar-refractivity contribution in [3.63, 3.8) is 0 Å². The lowest BCUT2D eigenvalue weighted by Crippen LogP contribution is -2.12. The minimum Gasteiger partial charge on any atom is -0.504 e. The Bertz CT molecular complexity index is 466. The molecule has 3 N–H and O–H groups in total. The van der Waals surface area contributed by atoms with Crippen molar-refractivity contribution >= 4 is 18.1 Å². The molecule has 0 unspecified atom stereocenters. The molecule has 1 rings (SSSR count). The number of nitrogens with zero attached hydrogens (tertiary/aromatic N) is 1. The molecule has 20 heavy (non-hydrogen) atoms. The number of aromatic hydroxyl groups is 1. The molecule has 0 fully saturated rings. The number of nitrogens with two attached hydrogens (primary N) is 1. The second-order valence-corrected chi connectivity index (χ2v) is 4.92. The van der Waals surface area contributed by atoms with Gasteiger partial charge in [0.15, 0.2) is 11.5 Å². The summed E-state index contributed by atoms with van der Waals surface area (Å²) in [5, 5.41) is 20.9. The highest BCUT2D eigenvalue weighted by Crippen LogP contribution is 2.38. The van der Waals surface area contributed by atoms with Gasteiger partial charge in [-0.05, 0) is 18.8 Å². The number of benzene rings is 1. The summed E-state index contributed by atoms with van der Waals surface area (Å²) >= 11 is 0. The van der Waals surface area contributed by atoms with E-state index in [1.807, 2.05) is 0 Å². The van der Waals surface area contributed by atoms with Crippen molar-refractivity contribution in [2.75, 3.05) is 7.11 Å². The van der Waals surface area contributed by atoms with Crippen LogP contribution in [0, 0.1) is 16.0 Å². The highest BCUT2D eigenvalue weighted by molar-refractivity contribution is 5.85. The number of non-ortho nitro benzene ring substituents is 1. The zero-order valence-corrected chi connectivity index (χ0v) is 12.6. The molecule has 0 bridgehead atoms. The molecule has 0 aromatic heterocycles. The summed E-state index contributed by atoms with van der Waals surface area (Å²) in [6.45, 7) is 4.14. The van der Waals surface area contributed by atoms with Gasteiger partial charge in [-0.1, -0.05) is 13.8 Å². The summed E-state index contributed by atoms with van der Waals surface area (Å²) in [7, 11) is 1.35. The van der Waals surface area contributed by atoms with Crippen LogP contribution in [0.1, 0.15) is 38.3 Å². The monoisotopic (exact) mass is 304 g/mol. The molecule has 1 aromatic carbocycles. The Morgan fingerprint density at radius 3 is 2.45 bits per heavy atom. The number of nitro benzene ring substituents is 1. The molecule has 0 heterocycles. The van der Waals surface area contributed by atoms with Crippen LogP contribution in [0.15, 0.2) is 12.1 Å². The number of nitro groups is 1. The van der Waals surface area contributed by atoms with Gasteiger partial charge in [0.25, 0.3) is 5.69 Å². The average Bonchev–Trinajstić information content (AvgIpc) is 2.35. The van der Waals surface area contributed by atoms with Crippen LogP contribution in [0.5, 0.6) is 11.5 Å². The number of methoxy groups -OCH3 is 1. The molecule has 1 atom stereocenters. The second kappa shape index (κ2) is 7.91. The maximum Gasteiger partial charge on any atom is 0.273 e. The molecule has 0 aliphatic rings. The topological polar surface area (TPSA) is 98.6 Å². The van der Waals surface area contributed by atoms with E-state index in [0.29, 0.717) is 17.9 Å². The standard InChI is InChI=1S/C13H20N2O4.ClH/c1-8(2)4-5-11(14)10-6-9(15(17)18)7-12(19-3)13(10)16;/h6-8,11,16H,4-5,14H2,1-3H3;1H/t11-;/m0./s1. The largest absolute Gasteiger partial charge is 0.504 e. The Kier molecular flexibility index (Phi) is 7.31. The van der Waals surface area contributed by atoms with Crippen molar-refractivity contribution in [1.29, 1.82) is 0 Å². The maximum absolute atomic E-state index is 10.8. The number of halogens is 1. The van der Waals surface area contributed by atoms with Gasteiger partial charge in [0.2, 0.25) is 0 Å². The van der Waals surface area contributed by atoms with Gasteiger partial charge in [0, 0.05) is 17.7 Å². The molecule has 1 aromatic rings. The minimum absolute atomic E-state index is 0. The number of hydrogen-bond donors (Lipinski definition) is 2. The number of ether oxygens (including phenoxy) is 1. The average molecular weight is 305 g/mol. The van der Waals surface area contributed by atoms with Crippen LogP contribution in [-0.2, 0) is 0 Å². The normalized spacial score (nSPS) is 11.8. The summed E-state index contributed by atoms with van der Waals surface area (Å²) in [6.07, 6.45) is 1.53. The van der Waals surface area contributed by atoms with Crippen LogP contribution >= 0.6 is 12.4 Å². The van der Waals surface area contributed by atoms with E-state index in [9.17, 15) is 15.2 Å². The van der Waals surface area contributed by atoms with E-state index in [1.54, 1.807) is 0 Å². The quantitative estimate of drug-likeness (QED) is 0.621. The number of rotatable bonds is 6. The molecule has 114 valence electrons. The SMILES string of the molecule is COc1cc([N+](=O)[O-])cc([C@@H](N)CCC(C)C)c1O.Cl. The highest BCUT2D eigenvalue weighted by Gasteiger charge is 2.21. The van der Waals surface area contributed by atoms with E-state index in [2.05, 4.69) is 13.8 Å². The summed E-state index contributed by atoms with van der Waals surface area (Å²) in [6, 6.07) is 2.05. The van der Waals surface area contributed by atoms with Gasteiger partial charge in [-0.15, -0.1) is 12.4 Å². The van der Waals surface area contributed by atoms with Crippen LogP contribution < -0.4 is 10.5 Å². The van der Waals surface area contributed by atoms with E-state index in [0.717, 1.165) is 6.42 Å². The molecule has 0 radical (unpaired) electrons. The smallest absolute Gasteiger partial charge is 0.273 e. The molecule has 0 aliphatic heterocycles. The summed E-state index contributed by atoms with van der Waals surface area (Å²) < 4.78 is 4.94. The van der Waals surface area contributed by atoms with Crippen LogP contribution in [0.2, 0.25) is 0 Å². The lowest BCUT2D eigenvalue weighted by atomic mass is 9.97. The van der Waals surface area contributed by atoms with E-state index in [4.69, 9.17) is 10.5 Å². The summed E-state index contributed by atoms with van der Waals surface area (Å²) in [5.41, 5.74) is 6.22. The van der Waals surface area contributed by atoms with Crippen molar-refractivity contribution in [2.24, 2.45) is 11.7 Å². The predicted octanol–water partition coefficient (Wildman–Crippen LogP) is 3.17. The Labute approximate surface area is 124 Å². The highest BCUT2D eigenvalue weighted by atomic mass is 35.5. The van der Waals surface area contributed by atoms with E-state index >= 15 is 0 Å². The summed E-state index contributed by atoms with van der Waals surface area (Å²) in [4.78, 5) is 10.3. The predicted molar refractivity (Wildman–Crippen MR) is 79.6 cm³/mol. The van der Waals surface area contributed by atoms with Gasteiger partial charge < -0.3 is 15.6 Å². The van der Waals surface area contributed by atoms with Gasteiger partial charge >= 0.3 is 0 Å². The van der Waals surface area contributed by atoms with Gasteiger partial charge in [-0.25, -0.2) is 0 Å². The maximum atomic E-state index is 10.8. The van der Waals surface area contributed by atoms with Crippen molar-refractivity contribution < 1.29 is 14.8 Å². The molecule has 0 spiro atoms. The summed E-state index contributed by atoms with van der Waals surface area (Å²) in [5.74, 6) is 0.433. The van der Waals surface area contributed by atoms with Gasteiger partial charge in [0.1, 0.15) is 0 Å². The fourth-order valence-electron chi connectivity index (χ4n) is 1.83. The first kappa shape index (κ1) is 18.5. The Balaban J connectivity index is 0.00000361. The van der Waals surface area contributed by atoms with Crippen LogP contribution in [0.3, 0.4) is 0 Å². The lowest BCUT2D eigenvalue weighted by molar-refractivity contribution is -0.385. The van der Waals surface area contributed by atoms with E-state index < -0.39 is 11.0 Å². The number of hydrogen-bond acceptors (Lipinski definition) is 5. The molecular formula is C13H21ClN2O4. The fourth-order valence-corrected chi connectivity index (χ4v) is 1.83. The molecule has 6 nitrogen and oxygen atoms in total. The molecule has 7 heteroatoms. The first-order chi connectivity index (χ1) is 8.86. The second-order valence-electron chi connectivity index (χ2n) is 4.92. The van der Waals surface area contributed by atoms with E-state index in [1.165, 1.54) is 19.2 Å². The van der Waals surface area contributed by atoms with Crippen LogP contribution in [0.4, 0.5) is 5.69 Å².